The number of hydrogen-bond acceptors (Lipinski definition) is 2. The van der Waals surface area contributed by atoms with Crippen molar-refractivity contribution in [2.24, 2.45) is 0 Å². The van der Waals surface area contributed by atoms with E-state index in [4.69, 9.17) is 16.3 Å². The molecule has 2 nitrogen and oxygen atoms in total. The lowest BCUT2D eigenvalue weighted by molar-refractivity contribution is 0.0364. The summed E-state index contributed by atoms with van der Waals surface area (Å²) < 4.78 is 6.42. The monoisotopic (exact) mass is 327 g/mol. The normalized spacial score (nSPS) is 21.9. The lowest BCUT2D eigenvalue weighted by atomic mass is 9.86. The number of benzene rings is 2. The van der Waals surface area contributed by atoms with Crippen LogP contribution in [-0.4, -0.2) is 5.60 Å². The van der Waals surface area contributed by atoms with Gasteiger partial charge in [-0.2, -0.15) is 0 Å². The first-order chi connectivity index (χ1) is 11.2. The van der Waals surface area contributed by atoms with Crippen molar-refractivity contribution in [3.05, 3.63) is 64.7 Å². The molecule has 3 heteroatoms. The molecule has 1 atom stereocenters. The first kappa shape index (κ1) is 15.0. The summed E-state index contributed by atoms with van der Waals surface area (Å²) >= 11 is 5.97. The predicted molar refractivity (Wildman–Crippen MR) is 93.9 cm³/mol. The van der Waals surface area contributed by atoms with Crippen LogP contribution >= 0.6 is 11.6 Å². The van der Waals surface area contributed by atoms with Crippen LogP contribution in [0.15, 0.2) is 48.5 Å². The Balaban J connectivity index is 1.55. The molecule has 1 aliphatic carbocycles. The topological polar surface area (TPSA) is 21.3 Å². The highest BCUT2D eigenvalue weighted by Gasteiger charge is 2.42. The molecule has 23 heavy (non-hydrogen) atoms. The van der Waals surface area contributed by atoms with Gasteiger partial charge in [0.2, 0.25) is 0 Å². The summed E-state index contributed by atoms with van der Waals surface area (Å²) in [5.41, 5.74) is 2.60. The van der Waals surface area contributed by atoms with E-state index in [2.05, 4.69) is 41.7 Å². The lowest BCUT2D eigenvalue weighted by Crippen LogP contribution is -2.42. The number of fused-ring (bicyclic) bond motifs is 1. The zero-order chi connectivity index (χ0) is 15.7. The van der Waals surface area contributed by atoms with E-state index in [0.29, 0.717) is 6.04 Å². The fourth-order valence-electron chi connectivity index (χ4n) is 3.97. The van der Waals surface area contributed by atoms with E-state index in [1.807, 2.05) is 12.1 Å². The van der Waals surface area contributed by atoms with Gasteiger partial charge in [-0.3, -0.25) is 0 Å². The van der Waals surface area contributed by atoms with E-state index < -0.39 is 0 Å². The second-order valence-corrected chi connectivity index (χ2v) is 7.23. The second-order valence-electron chi connectivity index (χ2n) is 6.79. The van der Waals surface area contributed by atoms with Gasteiger partial charge in [-0.1, -0.05) is 41.9 Å². The van der Waals surface area contributed by atoms with Crippen molar-refractivity contribution in [3.8, 4) is 5.75 Å². The molecule has 2 aromatic rings. The van der Waals surface area contributed by atoms with Gasteiger partial charge in [0.1, 0.15) is 11.4 Å². The highest BCUT2D eigenvalue weighted by molar-refractivity contribution is 6.30. The zero-order valence-electron chi connectivity index (χ0n) is 13.2. The third-order valence-electron chi connectivity index (χ3n) is 5.18. The van der Waals surface area contributed by atoms with Gasteiger partial charge in [0.05, 0.1) is 0 Å². The average Bonchev–Trinajstić information content (AvgIpc) is 3.01. The Morgan fingerprint density at radius 3 is 2.57 bits per heavy atom. The van der Waals surface area contributed by atoms with Crippen molar-refractivity contribution >= 4 is 11.6 Å². The van der Waals surface area contributed by atoms with E-state index in [-0.39, 0.29) is 5.60 Å². The minimum Gasteiger partial charge on any atom is -0.487 e. The molecule has 1 fully saturated rings. The molecule has 2 aromatic carbocycles. The van der Waals surface area contributed by atoms with E-state index >= 15 is 0 Å². The Hall–Kier alpha value is -1.51. The molecule has 1 saturated carbocycles. The Labute approximate surface area is 142 Å². The first-order valence-corrected chi connectivity index (χ1v) is 8.88. The Bertz CT molecular complexity index is 676. The fourth-order valence-corrected chi connectivity index (χ4v) is 4.10. The predicted octanol–water partition coefficient (Wildman–Crippen LogP) is 5.27. The molecule has 4 rings (SSSR count). The van der Waals surface area contributed by atoms with Crippen molar-refractivity contribution in [1.29, 1.82) is 0 Å². The van der Waals surface area contributed by atoms with Crippen LogP contribution in [0, 0.1) is 0 Å². The standard InChI is InChI=1S/C20H22ClNO/c21-16-9-7-15(8-10-16)14-22-18-13-20(11-3-4-12-20)23-19-6-2-1-5-17(18)19/h1-2,5-10,18,22H,3-4,11-14H2. The van der Waals surface area contributed by atoms with Crippen LogP contribution < -0.4 is 10.1 Å². The summed E-state index contributed by atoms with van der Waals surface area (Å²) in [5, 5.41) is 4.53. The Morgan fingerprint density at radius 1 is 1.04 bits per heavy atom. The van der Waals surface area contributed by atoms with Crippen LogP contribution in [0.1, 0.15) is 49.3 Å². The molecule has 0 saturated heterocycles. The summed E-state index contributed by atoms with van der Waals surface area (Å²) in [6.07, 6.45) is 6.00. The largest absolute Gasteiger partial charge is 0.487 e. The van der Waals surface area contributed by atoms with Crippen molar-refractivity contribution in [3.63, 3.8) is 0 Å². The quantitative estimate of drug-likeness (QED) is 0.829. The van der Waals surface area contributed by atoms with Crippen LogP contribution in [0.25, 0.3) is 0 Å². The molecule has 0 bridgehead atoms. The van der Waals surface area contributed by atoms with Crippen LogP contribution in [0.5, 0.6) is 5.75 Å². The van der Waals surface area contributed by atoms with Gasteiger partial charge < -0.3 is 10.1 Å². The summed E-state index contributed by atoms with van der Waals surface area (Å²) in [5.74, 6) is 1.06. The maximum absolute atomic E-state index is 6.42. The van der Waals surface area contributed by atoms with E-state index in [0.717, 1.165) is 23.7 Å². The maximum atomic E-state index is 6.42. The molecule has 2 aliphatic rings. The summed E-state index contributed by atoms with van der Waals surface area (Å²) in [4.78, 5) is 0. The molecular weight excluding hydrogens is 306 g/mol. The fraction of sp³-hybridized carbons (Fsp3) is 0.400. The van der Waals surface area contributed by atoms with Gasteiger partial charge in [-0.05, 0) is 49.4 Å². The van der Waals surface area contributed by atoms with Crippen molar-refractivity contribution in [1.82, 2.24) is 5.32 Å². The summed E-state index contributed by atoms with van der Waals surface area (Å²) in [6, 6.07) is 16.9. The lowest BCUT2D eigenvalue weighted by Gasteiger charge is -2.40. The van der Waals surface area contributed by atoms with Crippen LogP contribution in [0.3, 0.4) is 0 Å². The molecule has 0 aromatic heterocycles. The van der Waals surface area contributed by atoms with Crippen LogP contribution in [-0.2, 0) is 6.54 Å². The van der Waals surface area contributed by atoms with Gasteiger partial charge in [0.25, 0.3) is 0 Å². The second kappa shape index (κ2) is 6.18. The molecule has 1 spiro atoms. The number of ether oxygens (including phenoxy) is 1. The number of hydrogen-bond donors (Lipinski definition) is 1. The van der Waals surface area contributed by atoms with Gasteiger partial charge >= 0.3 is 0 Å². The SMILES string of the molecule is Clc1ccc(CNC2CC3(CCCC3)Oc3ccccc32)cc1. The minimum atomic E-state index is 0.0476. The third kappa shape index (κ3) is 3.11. The van der Waals surface area contributed by atoms with E-state index in [1.165, 1.54) is 36.8 Å². The molecular formula is C20H22ClNO. The number of rotatable bonds is 3. The molecule has 120 valence electrons. The molecule has 0 amide bonds. The van der Waals surface area contributed by atoms with Crippen molar-refractivity contribution < 1.29 is 4.74 Å². The first-order valence-electron chi connectivity index (χ1n) is 8.50. The number of halogens is 1. The van der Waals surface area contributed by atoms with E-state index in [9.17, 15) is 0 Å². The smallest absolute Gasteiger partial charge is 0.124 e. The summed E-state index contributed by atoms with van der Waals surface area (Å²) in [7, 11) is 0. The summed E-state index contributed by atoms with van der Waals surface area (Å²) in [6.45, 7) is 0.853. The highest BCUT2D eigenvalue weighted by Crippen LogP contribution is 2.47. The molecule has 1 N–H and O–H groups in total. The Morgan fingerprint density at radius 2 is 1.78 bits per heavy atom. The zero-order valence-corrected chi connectivity index (χ0v) is 14.0. The molecule has 1 unspecified atom stereocenters. The van der Waals surface area contributed by atoms with Gasteiger partial charge in [-0.25, -0.2) is 0 Å². The van der Waals surface area contributed by atoms with Crippen LogP contribution in [0.2, 0.25) is 5.02 Å². The minimum absolute atomic E-state index is 0.0476. The van der Waals surface area contributed by atoms with Gasteiger partial charge in [0.15, 0.2) is 0 Å². The molecule has 1 aliphatic heterocycles. The van der Waals surface area contributed by atoms with Crippen molar-refractivity contribution in [2.75, 3.05) is 0 Å². The van der Waals surface area contributed by atoms with Crippen LogP contribution in [0.4, 0.5) is 0 Å². The van der Waals surface area contributed by atoms with Gasteiger partial charge in [0, 0.05) is 29.6 Å². The van der Waals surface area contributed by atoms with Crippen molar-refractivity contribution in [2.45, 2.75) is 50.3 Å². The molecule has 1 heterocycles. The number of para-hydroxylation sites is 1. The molecule has 0 radical (unpaired) electrons. The number of nitrogens with one attached hydrogen (secondary N) is 1. The highest BCUT2D eigenvalue weighted by atomic mass is 35.5. The average molecular weight is 328 g/mol. The third-order valence-corrected chi connectivity index (χ3v) is 5.43. The van der Waals surface area contributed by atoms with Gasteiger partial charge in [-0.15, -0.1) is 0 Å². The Kier molecular flexibility index (Phi) is 4.04. The maximum Gasteiger partial charge on any atom is 0.124 e. The van der Waals surface area contributed by atoms with E-state index in [1.54, 1.807) is 0 Å².